The van der Waals surface area contributed by atoms with Gasteiger partial charge in [-0.1, -0.05) is 45.0 Å². The number of fused-ring (bicyclic) bond motifs is 1. The molecule has 0 aliphatic carbocycles. The molecule has 2 aromatic carbocycles. The lowest BCUT2D eigenvalue weighted by atomic mass is 9.87. The number of anilines is 1. The molecule has 4 rings (SSSR count). The molecule has 0 saturated heterocycles. The van der Waals surface area contributed by atoms with Crippen LogP contribution in [0.2, 0.25) is 0 Å². The van der Waals surface area contributed by atoms with E-state index in [0.717, 1.165) is 16.8 Å². The zero-order valence-electron chi connectivity index (χ0n) is 16.9. The van der Waals surface area contributed by atoms with Crippen molar-refractivity contribution in [3.8, 4) is 11.3 Å². The Kier molecular flexibility index (Phi) is 5.22. The Bertz CT molecular complexity index is 1220. The minimum Gasteiger partial charge on any atom is -0.290 e. The molecule has 5 nitrogen and oxygen atoms in total. The molecular formula is C23H21FN4OS. The van der Waals surface area contributed by atoms with E-state index in [4.69, 9.17) is 0 Å². The van der Waals surface area contributed by atoms with Gasteiger partial charge in [-0.05, 0) is 46.9 Å². The van der Waals surface area contributed by atoms with Gasteiger partial charge in [-0.2, -0.15) is 4.98 Å². The first kappa shape index (κ1) is 20.0. The third-order valence-electron chi connectivity index (χ3n) is 4.66. The van der Waals surface area contributed by atoms with Gasteiger partial charge < -0.3 is 0 Å². The highest BCUT2D eigenvalue weighted by molar-refractivity contribution is 7.15. The Morgan fingerprint density at radius 3 is 2.47 bits per heavy atom. The predicted molar refractivity (Wildman–Crippen MR) is 119 cm³/mol. The third-order valence-corrected chi connectivity index (χ3v) is 5.48. The number of halogens is 1. The molecule has 0 bridgehead atoms. The molecular weight excluding hydrogens is 399 g/mol. The summed E-state index contributed by atoms with van der Waals surface area (Å²) in [4.78, 5) is 17.3. The van der Waals surface area contributed by atoms with Gasteiger partial charge in [0.2, 0.25) is 4.96 Å². The highest BCUT2D eigenvalue weighted by atomic mass is 32.1. The summed E-state index contributed by atoms with van der Waals surface area (Å²) in [6.45, 7) is 6.49. The van der Waals surface area contributed by atoms with Gasteiger partial charge in [-0.15, -0.1) is 16.4 Å². The van der Waals surface area contributed by atoms with Crippen LogP contribution in [0.5, 0.6) is 0 Å². The molecule has 7 heteroatoms. The van der Waals surface area contributed by atoms with Gasteiger partial charge in [0.15, 0.2) is 0 Å². The first-order valence-corrected chi connectivity index (χ1v) is 10.4. The second-order valence-electron chi connectivity index (χ2n) is 7.95. The van der Waals surface area contributed by atoms with Crippen LogP contribution in [0.4, 0.5) is 10.3 Å². The van der Waals surface area contributed by atoms with Crippen molar-refractivity contribution < 1.29 is 9.18 Å². The summed E-state index contributed by atoms with van der Waals surface area (Å²) in [5, 5.41) is 8.95. The van der Waals surface area contributed by atoms with Crippen molar-refractivity contribution in [3.05, 3.63) is 76.9 Å². The monoisotopic (exact) mass is 420 g/mol. The number of carbonyl (C=O) groups excluding carboxylic acids is 1. The van der Waals surface area contributed by atoms with Gasteiger partial charge in [0.1, 0.15) is 5.82 Å². The fourth-order valence-electron chi connectivity index (χ4n) is 2.97. The van der Waals surface area contributed by atoms with Gasteiger partial charge in [0.05, 0.1) is 5.69 Å². The van der Waals surface area contributed by atoms with Crippen molar-refractivity contribution in [1.29, 1.82) is 0 Å². The van der Waals surface area contributed by atoms with Gasteiger partial charge in [-0.3, -0.25) is 10.1 Å². The zero-order chi connectivity index (χ0) is 21.3. The minimum atomic E-state index is -0.309. The number of carbonyl (C=O) groups is 1. The molecule has 0 fully saturated rings. The first-order chi connectivity index (χ1) is 14.3. The lowest BCUT2D eigenvalue weighted by molar-refractivity contribution is -0.111. The fourth-order valence-corrected chi connectivity index (χ4v) is 3.80. The number of benzene rings is 2. The maximum Gasteiger partial charge on any atom is 0.250 e. The quantitative estimate of drug-likeness (QED) is 0.441. The number of hydrogen-bond donors (Lipinski definition) is 1. The topological polar surface area (TPSA) is 59.3 Å². The second-order valence-corrected chi connectivity index (χ2v) is 8.79. The molecule has 0 aliphatic heterocycles. The van der Waals surface area contributed by atoms with Crippen molar-refractivity contribution in [2.45, 2.75) is 26.2 Å². The van der Waals surface area contributed by atoms with Crippen LogP contribution in [-0.4, -0.2) is 20.5 Å². The second kappa shape index (κ2) is 7.84. The largest absolute Gasteiger partial charge is 0.290 e. The third kappa shape index (κ3) is 4.31. The summed E-state index contributed by atoms with van der Waals surface area (Å²) in [5.41, 5.74) is 3.88. The number of thiazole rings is 1. The molecule has 0 radical (unpaired) electrons. The molecule has 4 aromatic rings. The molecule has 30 heavy (non-hydrogen) atoms. The minimum absolute atomic E-state index is 0.0893. The molecule has 0 spiro atoms. The average molecular weight is 421 g/mol. The fraction of sp³-hybridized carbons (Fsp3) is 0.174. The average Bonchev–Trinajstić information content (AvgIpc) is 3.27. The number of hydrogen-bond acceptors (Lipinski definition) is 4. The van der Waals surface area contributed by atoms with E-state index in [-0.39, 0.29) is 23.1 Å². The Morgan fingerprint density at radius 2 is 1.80 bits per heavy atom. The summed E-state index contributed by atoms with van der Waals surface area (Å²) in [6.07, 6.45) is 3.21. The molecule has 0 atom stereocenters. The molecule has 0 saturated carbocycles. The Labute approximate surface area is 177 Å². The van der Waals surface area contributed by atoms with Gasteiger partial charge >= 0.3 is 0 Å². The van der Waals surface area contributed by atoms with Crippen LogP contribution >= 0.6 is 11.3 Å². The molecule has 2 aromatic heterocycles. The van der Waals surface area contributed by atoms with Crippen molar-refractivity contribution in [1.82, 2.24) is 14.6 Å². The molecule has 0 unspecified atom stereocenters. The van der Waals surface area contributed by atoms with Gasteiger partial charge in [-0.25, -0.2) is 8.91 Å². The van der Waals surface area contributed by atoms with Crippen molar-refractivity contribution in [3.63, 3.8) is 0 Å². The van der Waals surface area contributed by atoms with Crippen LogP contribution in [-0.2, 0) is 10.2 Å². The summed E-state index contributed by atoms with van der Waals surface area (Å²) in [6, 6.07) is 14.3. The van der Waals surface area contributed by atoms with E-state index in [9.17, 15) is 9.18 Å². The van der Waals surface area contributed by atoms with E-state index in [1.807, 2.05) is 17.5 Å². The van der Waals surface area contributed by atoms with E-state index in [1.54, 1.807) is 22.7 Å². The van der Waals surface area contributed by atoms with Crippen molar-refractivity contribution in [2.24, 2.45) is 0 Å². The lowest BCUT2D eigenvalue weighted by Crippen LogP contribution is -2.10. The smallest absolute Gasteiger partial charge is 0.250 e. The van der Waals surface area contributed by atoms with Crippen LogP contribution in [0.25, 0.3) is 22.3 Å². The summed E-state index contributed by atoms with van der Waals surface area (Å²) < 4.78 is 14.8. The molecule has 152 valence electrons. The summed E-state index contributed by atoms with van der Waals surface area (Å²) in [7, 11) is 0. The highest BCUT2D eigenvalue weighted by Crippen LogP contribution is 2.26. The van der Waals surface area contributed by atoms with Crippen molar-refractivity contribution in [2.75, 3.05) is 5.32 Å². The van der Waals surface area contributed by atoms with Crippen LogP contribution in [0.15, 0.2) is 60.0 Å². The van der Waals surface area contributed by atoms with Gasteiger partial charge in [0.25, 0.3) is 11.9 Å². The predicted octanol–water partition coefficient (Wildman–Crippen LogP) is 5.55. The van der Waals surface area contributed by atoms with E-state index in [2.05, 4.69) is 48.3 Å². The Morgan fingerprint density at radius 1 is 1.10 bits per heavy atom. The number of aromatic nitrogens is 3. The molecule has 2 heterocycles. The van der Waals surface area contributed by atoms with E-state index < -0.39 is 0 Å². The highest BCUT2D eigenvalue weighted by Gasteiger charge is 2.14. The molecule has 1 N–H and O–H groups in total. The zero-order valence-corrected chi connectivity index (χ0v) is 17.7. The van der Waals surface area contributed by atoms with Gasteiger partial charge in [0, 0.05) is 17.0 Å². The van der Waals surface area contributed by atoms with E-state index in [0.29, 0.717) is 4.96 Å². The standard InChI is InChI=1S/C23H21FN4OS/c1-23(2,3)17-9-4-15(5-10-17)6-13-20(29)25-21-26-22-28(27-21)19(14-30-22)16-7-11-18(24)12-8-16/h4-14H,1-3H3,(H,25,27,29)/b13-6+. The summed E-state index contributed by atoms with van der Waals surface area (Å²) in [5.74, 6) is -0.379. The molecule has 1 amide bonds. The SMILES string of the molecule is CC(C)(C)c1ccc(/C=C/C(=O)Nc2nc3scc(-c4ccc(F)cc4)n3n2)cc1. The van der Waals surface area contributed by atoms with Crippen LogP contribution < -0.4 is 5.32 Å². The molecule has 0 aliphatic rings. The number of nitrogens with one attached hydrogen (secondary N) is 1. The van der Waals surface area contributed by atoms with Crippen LogP contribution in [0.3, 0.4) is 0 Å². The number of nitrogens with zero attached hydrogens (tertiary/aromatic N) is 3. The maximum atomic E-state index is 13.2. The van der Waals surface area contributed by atoms with E-state index >= 15 is 0 Å². The van der Waals surface area contributed by atoms with Crippen LogP contribution in [0.1, 0.15) is 31.9 Å². The number of amides is 1. The first-order valence-electron chi connectivity index (χ1n) is 9.49. The van der Waals surface area contributed by atoms with Crippen molar-refractivity contribution >= 4 is 34.2 Å². The number of rotatable bonds is 4. The van der Waals surface area contributed by atoms with E-state index in [1.165, 1.54) is 35.1 Å². The Balaban J connectivity index is 1.47. The summed E-state index contributed by atoms with van der Waals surface area (Å²) >= 11 is 1.40. The Hall–Kier alpha value is -3.32. The van der Waals surface area contributed by atoms with Crippen LogP contribution in [0, 0.1) is 5.82 Å². The lowest BCUT2D eigenvalue weighted by Gasteiger charge is -2.18. The maximum absolute atomic E-state index is 13.2. The normalized spacial score (nSPS) is 12.0.